The van der Waals surface area contributed by atoms with E-state index in [1.807, 2.05) is 8.93 Å². The van der Waals surface area contributed by atoms with Gasteiger partial charge in [-0.3, -0.25) is 0 Å². The van der Waals surface area contributed by atoms with Crippen molar-refractivity contribution in [2.75, 3.05) is 0 Å². The topological polar surface area (TPSA) is 0 Å². The smallest absolute Gasteiger partial charge is 0.100 e. The Morgan fingerprint density at radius 2 is 1.92 bits per heavy atom. The van der Waals surface area contributed by atoms with Gasteiger partial charge >= 0.3 is 0 Å². The highest BCUT2D eigenvalue weighted by atomic mass is 127. The second kappa shape index (κ2) is 5.69. The Balaban J connectivity index is 4.30. The van der Waals surface area contributed by atoms with E-state index in [1.54, 1.807) is 0 Å². The molecule has 0 aromatic heterocycles. The number of hydrogen-bond donors (Lipinski definition) is 0. The molecule has 0 aliphatic heterocycles. The van der Waals surface area contributed by atoms with Crippen LogP contribution in [0.25, 0.3) is 0 Å². The molecule has 0 fully saturated rings. The zero-order valence-electron chi connectivity index (χ0n) is 9.23. The molecule has 0 saturated carbocycles. The van der Waals surface area contributed by atoms with Gasteiger partial charge in [0.05, 0.1) is 0 Å². The molecule has 0 bridgehead atoms. The van der Waals surface area contributed by atoms with E-state index in [2.05, 4.69) is 69.7 Å². The predicted molar refractivity (Wildman–Crippen MR) is 74.8 cm³/mol. The van der Waals surface area contributed by atoms with Crippen LogP contribution in [0, 0.1) is 5.92 Å². The van der Waals surface area contributed by atoms with Gasteiger partial charge in [-0.05, 0) is 44.5 Å². The van der Waals surface area contributed by atoms with Crippen LogP contribution in [-0.2, 0) is 0 Å². The summed E-state index contributed by atoms with van der Waals surface area (Å²) >= 11 is 2.38. The summed E-state index contributed by atoms with van der Waals surface area (Å²) in [6.07, 6.45) is 0. The molecule has 0 aliphatic rings. The lowest BCUT2D eigenvalue weighted by Crippen LogP contribution is -2.28. The van der Waals surface area contributed by atoms with Gasteiger partial charge in [-0.15, -0.1) is 6.58 Å². The second-order valence-corrected chi connectivity index (χ2v) is 6.71. The van der Waals surface area contributed by atoms with E-state index in [0.717, 1.165) is 0 Å². The lowest BCUT2D eigenvalue weighted by molar-refractivity contribution is 0.685. The molecule has 0 nitrogen and oxygen atoms in total. The summed E-state index contributed by atoms with van der Waals surface area (Å²) in [4.78, 5) is 0. The molecular formula is C10H19BIS. The van der Waals surface area contributed by atoms with E-state index in [9.17, 15) is 0 Å². The van der Waals surface area contributed by atoms with Crippen molar-refractivity contribution in [1.82, 2.24) is 0 Å². The number of allylic oxidation sites excluding steroid dienone is 1. The molecular weight excluding hydrogens is 290 g/mol. The Bertz CT molecular complexity index is 178. The molecule has 0 rings (SSSR count). The van der Waals surface area contributed by atoms with Gasteiger partial charge in [-0.25, -0.2) is 0 Å². The van der Waals surface area contributed by atoms with Crippen LogP contribution in [0.1, 0.15) is 34.6 Å². The molecule has 1 atom stereocenters. The highest BCUT2D eigenvalue weighted by molar-refractivity contribution is 14.2. The average molecular weight is 309 g/mol. The van der Waals surface area contributed by atoms with Crippen molar-refractivity contribution < 1.29 is 0 Å². The second-order valence-electron chi connectivity index (χ2n) is 4.47. The van der Waals surface area contributed by atoms with Gasteiger partial charge in [0, 0.05) is 0 Å². The van der Waals surface area contributed by atoms with E-state index in [1.165, 1.54) is 5.57 Å². The van der Waals surface area contributed by atoms with Crippen molar-refractivity contribution in [3.63, 3.8) is 0 Å². The number of halogens is 1. The Labute approximate surface area is 100 Å². The summed E-state index contributed by atoms with van der Waals surface area (Å²) < 4.78 is 0. The minimum absolute atomic E-state index is 0.160. The Morgan fingerprint density at radius 3 is 2.15 bits per heavy atom. The zero-order chi connectivity index (χ0) is 10.6. The maximum Gasteiger partial charge on any atom is 0.141 e. The summed E-state index contributed by atoms with van der Waals surface area (Å²) in [5.74, 6) is 0.695. The fourth-order valence-corrected chi connectivity index (χ4v) is 3.67. The van der Waals surface area contributed by atoms with Crippen LogP contribution in [0.5, 0.6) is 0 Å². The third kappa shape index (κ3) is 4.77. The lowest BCUT2D eigenvalue weighted by Gasteiger charge is -2.29. The summed E-state index contributed by atoms with van der Waals surface area (Å²) in [5.41, 5.74) is 1.24. The maximum atomic E-state index is 4.03. The molecule has 1 unspecified atom stereocenters. The van der Waals surface area contributed by atoms with E-state index in [4.69, 9.17) is 0 Å². The largest absolute Gasteiger partial charge is 0.141 e. The third-order valence-corrected chi connectivity index (χ3v) is 5.09. The summed E-state index contributed by atoms with van der Waals surface area (Å²) in [5, 5.41) is 0.778. The quantitative estimate of drug-likeness (QED) is 0.408. The van der Waals surface area contributed by atoms with Crippen LogP contribution in [0.3, 0.4) is 0 Å². The van der Waals surface area contributed by atoms with Crippen LogP contribution in [-0.4, -0.2) is 12.4 Å². The van der Waals surface area contributed by atoms with Crippen molar-refractivity contribution >= 4 is 37.4 Å². The predicted octanol–water partition coefficient (Wildman–Crippen LogP) is 4.53. The molecule has 3 heteroatoms. The van der Waals surface area contributed by atoms with Crippen molar-refractivity contribution in [3.05, 3.63) is 12.2 Å². The van der Waals surface area contributed by atoms with Gasteiger partial charge in [0.15, 0.2) is 0 Å². The number of hydrogen-bond acceptors (Lipinski definition) is 1. The van der Waals surface area contributed by atoms with Gasteiger partial charge in [-0.2, -0.15) is 0 Å². The molecule has 1 radical (unpaired) electrons. The monoisotopic (exact) mass is 309 g/mol. The summed E-state index contributed by atoms with van der Waals surface area (Å²) in [6.45, 7) is 15.1. The van der Waals surface area contributed by atoms with E-state index in [-0.39, 0.29) is 5.31 Å². The lowest BCUT2D eigenvalue weighted by atomic mass is 9.48. The standard InChI is InChI=1S/C10H19BIS/c1-7(2)9(13-12)11-10(5,6)8(3)4/h7,9H,3H2,1-2,4-6H3. The molecule has 75 valence electrons. The van der Waals surface area contributed by atoms with Crippen molar-refractivity contribution in [2.24, 2.45) is 5.92 Å². The fraction of sp³-hybridized carbons (Fsp3) is 0.800. The molecule has 0 N–H and O–H groups in total. The Hall–Kier alpha value is 0.885. The highest BCUT2D eigenvalue weighted by Gasteiger charge is 2.27. The van der Waals surface area contributed by atoms with Crippen LogP contribution >= 0.6 is 30.1 Å². The molecule has 0 saturated heterocycles. The first-order chi connectivity index (χ1) is 5.81. The third-order valence-electron chi connectivity index (χ3n) is 2.44. The van der Waals surface area contributed by atoms with Crippen molar-refractivity contribution in [1.29, 1.82) is 0 Å². The van der Waals surface area contributed by atoms with Crippen LogP contribution < -0.4 is 0 Å². The summed E-state index contributed by atoms with van der Waals surface area (Å²) in [6, 6.07) is 0. The van der Waals surface area contributed by atoms with Gasteiger partial charge in [0.1, 0.15) is 7.28 Å². The fourth-order valence-electron chi connectivity index (χ4n) is 0.874. The van der Waals surface area contributed by atoms with Gasteiger partial charge in [0.2, 0.25) is 0 Å². The van der Waals surface area contributed by atoms with E-state index < -0.39 is 0 Å². The molecule has 0 aliphatic carbocycles. The molecule has 0 aromatic rings. The molecule has 13 heavy (non-hydrogen) atoms. The first kappa shape index (κ1) is 13.9. The first-order valence-corrected chi connectivity index (χ1v) is 8.03. The van der Waals surface area contributed by atoms with Gasteiger partial charge < -0.3 is 0 Å². The summed E-state index contributed by atoms with van der Waals surface area (Å²) in [7, 11) is 4.31. The molecule has 0 heterocycles. The molecule has 0 aromatic carbocycles. The normalized spacial score (nSPS) is 14.4. The Morgan fingerprint density at radius 1 is 1.46 bits per heavy atom. The van der Waals surface area contributed by atoms with E-state index >= 15 is 0 Å². The van der Waals surface area contributed by atoms with Crippen molar-refractivity contribution in [2.45, 2.75) is 45.1 Å². The van der Waals surface area contributed by atoms with Crippen LogP contribution in [0.15, 0.2) is 12.2 Å². The maximum absolute atomic E-state index is 4.03. The minimum atomic E-state index is 0.160. The number of rotatable bonds is 5. The molecule has 0 spiro atoms. The molecule has 0 amide bonds. The average Bonchev–Trinajstić information content (AvgIpc) is 1.99. The first-order valence-electron chi connectivity index (χ1n) is 4.60. The van der Waals surface area contributed by atoms with Gasteiger partial charge in [-0.1, -0.05) is 42.2 Å². The van der Waals surface area contributed by atoms with Crippen LogP contribution in [0.4, 0.5) is 0 Å². The highest BCUT2D eigenvalue weighted by Crippen LogP contribution is 2.37. The van der Waals surface area contributed by atoms with Crippen LogP contribution in [0.2, 0.25) is 5.31 Å². The van der Waals surface area contributed by atoms with E-state index in [0.29, 0.717) is 11.1 Å². The SMILES string of the molecule is C=C(C)C(C)(C)[B]C(SI)C(C)C. The minimum Gasteiger partial charge on any atom is -0.100 e. The van der Waals surface area contributed by atoms with Crippen molar-refractivity contribution in [3.8, 4) is 0 Å². The van der Waals surface area contributed by atoms with Gasteiger partial charge in [0.25, 0.3) is 0 Å². The zero-order valence-corrected chi connectivity index (χ0v) is 12.2. The Kier molecular flexibility index (Phi) is 6.08.